The minimum absolute atomic E-state index is 0.945. The quantitative estimate of drug-likeness (QED) is 0.203. The van der Waals surface area contributed by atoms with Gasteiger partial charge in [0, 0.05) is 32.3 Å². The van der Waals surface area contributed by atoms with Crippen LogP contribution >= 0.6 is 7.59 Å². The SMILES string of the molecule is O=P(n1c2ccccc2c2ccccc21)(n1c2ccccc2c2ccccc21)n1c2ccccc2c2ccccc21. The molecule has 0 amide bonds. The minimum Gasteiger partial charge on any atom is -0.257 e. The Balaban J connectivity index is 1.61. The van der Waals surface area contributed by atoms with Crippen LogP contribution in [0.4, 0.5) is 0 Å². The molecule has 3 aromatic heterocycles. The summed E-state index contributed by atoms with van der Waals surface area (Å²) in [6, 6.07) is 50.0. The molecule has 0 aliphatic carbocycles. The topological polar surface area (TPSA) is 31.9 Å². The van der Waals surface area contributed by atoms with Crippen molar-refractivity contribution in [3.8, 4) is 0 Å². The number of para-hydroxylation sites is 6. The molecule has 6 aromatic carbocycles. The molecule has 0 saturated carbocycles. The third-order valence-electron chi connectivity index (χ3n) is 8.45. The maximum absolute atomic E-state index is 17.0. The third-order valence-corrected chi connectivity index (χ3v) is 11.3. The van der Waals surface area contributed by atoms with E-state index in [2.05, 4.69) is 122 Å². The smallest absolute Gasteiger partial charge is 0.257 e. The van der Waals surface area contributed by atoms with Gasteiger partial charge in [-0.2, -0.15) is 0 Å². The van der Waals surface area contributed by atoms with E-state index in [1.807, 2.05) is 36.4 Å². The van der Waals surface area contributed by atoms with Gasteiger partial charge >= 0.3 is 7.59 Å². The van der Waals surface area contributed by atoms with Crippen molar-refractivity contribution in [1.29, 1.82) is 0 Å². The number of rotatable bonds is 3. The van der Waals surface area contributed by atoms with Crippen molar-refractivity contribution in [3.63, 3.8) is 0 Å². The number of fused-ring (bicyclic) bond motifs is 9. The molecular weight excluding hydrogens is 521 g/mol. The van der Waals surface area contributed by atoms with Crippen LogP contribution in [0.15, 0.2) is 146 Å². The normalized spacial score (nSPS) is 12.5. The Hall–Kier alpha value is -5.05. The van der Waals surface area contributed by atoms with Gasteiger partial charge in [0.25, 0.3) is 0 Å². The number of aromatic nitrogens is 3. The summed E-state index contributed by atoms with van der Waals surface area (Å²) in [6.07, 6.45) is 0. The van der Waals surface area contributed by atoms with Gasteiger partial charge in [0.05, 0.1) is 33.1 Å². The van der Waals surface area contributed by atoms with Crippen molar-refractivity contribution < 1.29 is 4.57 Å². The van der Waals surface area contributed by atoms with E-state index in [1.165, 1.54) is 0 Å². The van der Waals surface area contributed by atoms with Gasteiger partial charge in [0.15, 0.2) is 0 Å². The molecule has 0 radical (unpaired) electrons. The lowest BCUT2D eigenvalue weighted by Crippen LogP contribution is -2.13. The van der Waals surface area contributed by atoms with E-state index >= 15 is 4.57 Å². The first-order valence-electron chi connectivity index (χ1n) is 13.8. The highest BCUT2D eigenvalue weighted by Crippen LogP contribution is 2.61. The summed E-state index contributed by atoms with van der Waals surface area (Å²) < 4.78 is 23.3. The monoisotopic (exact) mass is 545 g/mol. The number of nitrogens with zero attached hydrogens (tertiary/aromatic N) is 3. The summed E-state index contributed by atoms with van der Waals surface area (Å²) in [5.74, 6) is 0. The Kier molecular flexibility index (Phi) is 4.57. The molecule has 194 valence electrons. The molecule has 0 atom stereocenters. The fourth-order valence-corrected chi connectivity index (χ4v) is 10.1. The molecule has 3 heterocycles. The molecule has 0 saturated heterocycles. The van der Waals surface area contributed by atoms with E-state index in [0.717, 1.165) is 65.4 Å². The van der Waals surface area contributed by atoms with Crippen molar-refractivity contribution in [2.75, 3.05) is 0 Å². The van der Waals surface area contributed by atoms with Crippen LogP contribution in [0.25, 0.3) is 65.4 Å². The van der Waals surface area contributed by atoms with Crippen LogP contribution in [0.1, 0.15) is 0 Å². The van der Waals surface area contributed by atoms with Crippen molar-refractivity contribution in [1.82, 2.24) is 13.0 Å². The Morgan fingerprint density at radius 1 is 0.293 bits per heavy atom. The molecule has 41 heavy (non-hydrogen) atoms. The number of hydrogen-bond donors (Lipinski definition) is 0. The van der Waals surface area contributed by atoms with Gasteiger partial charge in [0.2, 0.25) is 0 Å². The molecule has 0 aliphatic rings. The zero-order valence-electron chi connectivity index (χ0n) is 22.1. The summed E-state index contributed by atoms with van der Waals surface area (Å²) in [7, 11) is -3.76. The Bertz CT molecular complexity index is 2090. The molecule has 0 spiro atoms. The summed E-state index contributed by atoms with van der Waals surface area (Å²) in [4.78, 5) is 0. The fraction of sp³-hybridized carbons (Fsp3) is 0. The first kappa shape index (κ1) is 22.7. The highest BCUT2D eigenvalue weighted by molar-refractivity contribution is 7.60. The van der Waals surface area contributed by atoms with Crippen molar-refractivity contribution >= 4 is 73.0 Å². The molecular formula is C36H24N3OP. The maximum atomic E-state index is 17.0. The summed E-state index contributed by atoms with van der Waals surface area (Å²) in [5, 5.41) is 6.53. The first-order chi connectivity index (χ1) is 20.3. The van der Waals surface area contributed by atoms with Gasteiger partial charge in [-0.05, 0) is 36.4 Å². The van der Waals surface area contributed by atoms with Gasteiger partial charge in [-0.15, -0.1) is 0 Å². The predicted octanol–water partition coefficient (Wildman–Crippen LogP) is 10.1. The van der Waals surface area contributed by atoms with E-state index in [4.69, 9.17) is 0 Å². The zero-order chi connectivity index (χ0) is 27.1. The predicted molar refractivity (Wildman–Crippen MR) is 172 cm³/mol. The Labute approximate surface area is 235 Å². The molecule has 4 nitrogen and oxygen atoms in total. The molecule has 0 unspecified atom stereocenters. The van der Waals surface area contributed by atoms with Gasteiger partial charge in [-0.25, -0.2) is 4.57 Å². The van der Waals surface area contributed by atoms with Gasteiger partial charge in [-0.3, -0.25) is 13.0 Å². The largest absolute Gasteiger partial charge is 0.373 e. The summed E-state index contributed by atoms with van der Waals surface area (Å²) in [5.41, 5.74) is 5.67. The maximum Gasteiger partial charge on any atom is 0.373 e. The first-order valence-corrected chi connectivity index (χ1v) is 15.4. The van der Waals surface area contributed by atoms with Crippen LogP contribution in [-0.4, -0.2) is 13.0 Å². The van der Waals surface area contributed by atoms with Gasteiger partial charge < -0.3 is 0 Å². The van der Waals surface area contributed by atoms with Gasteiger partial charge in [0.1, 0.15) is 0 Å². The number of hydrogen-bond acceptors (Lipinski definition) is 1. The molecule has 0 bridgehead atoms. The minimum atomic E-state index is -3.76. The second-order valence-corrected chi connectivity index (χ2v) is 12.8. The van der Waals surface area contributed by atoms with E-state index in [9.17, 15) is 0 Å². The molecule has 9 rings (SSSR count). The Morgan fingerprint density at radius 2 is 0.463 bits per heavy atom. The van der Waals surface area contributed by atoms with Crippen LogP contribution in [0.3, 0.4) is 0 Å². The lowest BCUT2D eigenvalue weighted by molar-refractivity contribution is 0.561. The lowest BCUT2D eigenvalue weighted by Gasteiger charge is -2.28. The summed E-state index contributed by atoms with van der Waals surface area (Å²) in [6.45, 7) is 0. The standard InChI is InChI=1S/C36H24N3OP/c40-41(37-31-19-7-1-13-25(31)26-14-2-8-20-32(26)37,38-33-21-9-3-15-27(33)28-16-4-10-22-34(28)38)39-35-23-11-5-17-29(35)30-18-6-12-24-36(30)39/h1-24H. The average Bonchev–Trinajstić information content (AvgIpc) is 3.68. The van der Waals surface area contributed by atoms with Crippen molar-refractivity contribution in [3.05, 3.63) is 146 Å². The van der Waals surface area contributed by atoms with Crippen LogP contribution in [0.2, 0.25) is 0 Å². The van der Waals surface area contributed by atoms with Crippen LogP contribution in [-0.2, 0) is 4.57 Å². The molecule has 0 N–H and O–H groups in total. The van der Waals surface area contributed by atoms with Crippen molar-refractivity contribution in [2.24, 2.45) is 0 Å². The fourth-order valence-electron chi connectivity index (χ4n) is 6.82. The number of benzene rings is 6. The molecule has 9 aromatic rings. The van der Waals surface area contributed by atoms with Crippen molar-refractivity contribution in [2.45, 2.75) is 0 Å². The van der Waals surface area contributed by atoms with E-state index < -0.39 is 7.59 Å². The average molecular weight is 546 g/mol. The molecule has 0 aliphatic heterocycles. The third kappa shape index (κ3) is 2.87. The highest BCUT2D eigenvalue weighted by atomic mass is 31.2. The molecule has 5 heteroatoms. The highest BCUT2D eigenvalue weighted by Gasteiger charge is 2.38. The van der Waals surface area contributed by atoms with Gasteiger partial charge in [-0.1, -0.05) is 109 Å². The van der Waals surface area contributed by atoms with Crippen LogP contribution < -0.4 is 0 Å². The second-order valence-electron chi connectivity index (χ2n) is 10.6. The summed E-state index contributed by atoms with van der Waals surface area (Å²) >= 11 is 0. The van der Waals surface area contributed by atoms with E-state index in [1.54, 1.807) is 0 Å². The Morgan fingerprint density at radius 3 is 0.659 bits per heavy atom. The zero-order valence-corrected chi connectivity index (χ0v) is 22.9. The lowest BCUT2D eigenvalue weighted by atomic mass is 10.2. The van der Waals surface area contributed by atoms with Crippen LogP contribution in [0, 0.1) is 0 Å². The van der Waals surface area contributed by atoms with E-state index in [-0.39, 0.29) is 0 Å². The van der Waals surface area contributed by atoms with E-state index in [0.29, 0.717) is 0 Å². The van der Waals surface area contributed by atoms with Crippen LogP contribution in [0.5, 0.6) is 0 Å². The second kappa shape index (κ2) is 8.23. The molecule has 0 fully saturated rings.